The van der Waals surface area contributed by atoms with Crippen molar-refractivity contribution in [1.82, 2.24) is 4.90 Å². The summed E-state index contributed by atoms with van der Waals surface area (Å²) in [6.45, 7) is 3.59. The van der Waals surface area contributed by atoms with Crippen LogP contribution in [0.4, 0.5) is 4.39 Å². The third-order valence-corrected chi connectivity index (χ3v) is 3.62. The van der Waals surface area contributed by atoms with Crippen molar-refractivity contribution < 1.29 is 14.3 Å². The van der Waals surface area contributed by atoms with E-state index in [4.69, 9.17) is 5.11 Å². The minimum Gasteiger partial charge on any atom is -0.478 e. The van der Waals surface area contributed by atoms with Gasteiger partial charge in [-0.15, -0.1) is 0 Å². The van der Waals surface area contributed by atoms with Crippen LogP contribution in [0, 0.1) is 5.82 Å². The molecule has 98 valence electrons. The van der Waals surface area contributed by atoms with E-state index in [1.54, 1.807) is 12.1 Å². The molecule has 2 rings (SSSR count). The van der Waals surface area contributed by atoms with Gasteiger partial charge in [-0.3, -0.25) is 4.90 Å². The number of hydrogen-bond donors (Lipinski definition) is 1. The van der Waals surface area contributed by atoms with Crippen molar-refractivity contribution in [2.24, 2.45) is 0 Å². The number of carboxylic acids is 1. The second-order valence-corrected chi connectivity index (χ2v) is 4.90. The summed E-state index contributed by atoms with van der Waals surface area (Å²) in [5.41, 5.74) is 0.237. The summed E-state index contributed by atoms with van der Waals surface area (Å²) < 4.78 is 14.0. The number of piperidine rings is 1. The molecule has 1 unspecified atom stereocenters. The topological polar surface area (TPSA) is 40.5 Å². The molecular weight excluding hydrogens is 233 g/mol. The molecule has 1 fully saturated rings. The fraction of sp³-hybridized carbons (Fsp3) is 0.500. The van der Waals surface area contributed by atoms with Crippen LogP contribution in [-0.2, 0) is 6.54 Å². The molecule has 3 nitrogen and oxygen atoms in total. The highest BCUT2D eigenvalue weighted by molar-refractivity contribution is 5.88. The first-order valence-electron chi connectivity index (χ1n) is 6.34. The van der Waals surface area contributed by atoms with E-state index in [2.05, 4.69) is 11.8 Å². The normalized spacial score (nSPS) is 20.9. The molecule has 18 heavy (non-hydrogen) atoms. The molecule has 1 heterocycles. The van der Waals surface area contributed by atoms with Crippen LogP contribution >= 0.6 is 0 Å². The van der Waals surface area contributed by atoms with Crippen molar-refractivity contribution in [1.29, 1.82) is 0 Å². The van der Waals surface area contributed by atoms with E-state index >= 15 is 0 Å². The standard InChI is InChI=1S/C14H18FNO2/c1-10-5-2-3-8-16(10)9-11-6-4-7-12(13(11)15)14(17)18/h4,6-7,10H,2-3,5,8-9H2,1H3,(H,17,18). The fourth-order valence-electron chi connectivity index (χ4n) is 2.48. The van der Waals surface area contributed by atoms with E-state index < -0.39 is 11.8 Å². The molecular formula is C14H18FNO2. The lowest BCUT2D eigenvalue weighted by atomic mass is 10.0. The summed E-state index contributed by atoms with van der Waals surface area (Å²) in [7, 11) is 0. The van der Waals surface area contributed by atoms with Crippen LogP contribution in [0.25, 0.3) is 0 Å². The highest BCUT2D eigenvalue weighted by atomic mass is 19.1. The Balaban J connectivity index is 2.18. The smallest absolute Gasteiger partial charge is 0.338 e. The van der Waals surface area contributed by atoms with Gasteiger partial charge in [0, 0.05) is 18.2 Å². The zero-order chi connectivity index (χ0) is 13.1. The molecule has 1 saturated heterocycles. The molecule has 1 aromatic carbocycles. The SMILES string of the molecule is CC1CCCCN1Cc1cccc(C(=O)O)c1F. The molecule has 0 aromatic heterocycles. The van der Waals surface area contributed by atoms with Gasteiger partial charge in [-0.05, 0) is 32.4 Å². The van der Waals surface area contributed by atoms with Crippen LogP contribution < -0.4 is 0 Å². The molecule has 4 heteroatoms. The van der Waals surface area contributed by atoms with Gasteiger partial charge in [0.25, 0.3) is 0 Å². The Morgan fingerprint density at radius 2 is 2.28 bits per heavy atom. The number of nitrogens with zero attached hydrogens (tertiary/aromatic N) is 1. The van der Waals surface area contributed by atoms with Crippen molar-refractivity contribution >= 4 is 5.97 Å². The first kappa shape index (κ1) is 13.0. The van der Waals surface area contributed by atoms with Gasteiger partial charge >= 0.3 is 5.97 Å². The lowest BCUT2D eigenvalue weighted by Crippen LogP contribution is -2.37. The molecule has 0 radical (unpaired) electrons. The van der Waals surface area contributed by atoms with Gasteiger partial charge in [0.05, 0.1) is 5.56 Å². The zero-order valence-corrected chi connectivity index (χ0v) is 10.5. The number of hydrogen-bond acceptors (Lipinski definition) is 2. The van der Waals surface area contributed by atoms with E-state index in [1.165, 1.54) is 12.5 Å². The van der Waals surface area contributed by atoms with Gasteiger partial charge in [0.1, 0.15) is 5.82 Å². The number of rotatable bonds is 3. The predicted molar refractivity (Wildman–Crippen MR) is 67.1 cm³/mol. The van der Waals surface area contributed by atoms with Gasteiger partial charge in [-0.1, -0.05) is 18.6 Å². The summed E-state index contributed by atoms with van der Waals surface area (Å²) in [4.78, 5) is 13.1. The fourth-order valence-corrected chi connectivity index (χ4v) is 2.48. The van der Waals surface area contributed by atoms with Gasteiger partial charge in [0.15, 0.2) is 0 Å². The Morgan fingerprint density at radius 1 is 1.50 bits per heavy atom. The minimum absolute atomic E-state index is 0.239. The second kappa shape index (κ2) is 5.48. The van der Waals surface area contributed by atoms with Gasteiger partial charge < -0.3 is 5.11 Å². The summed E-state index contributed by atoms with van der Waals surface area (Å²) in [6, 6.07) is 5.02. The van der Waals surface area contributed by atoms with E-state index in [0.29, 0.717) is 18.2 Å². The number of benzene rings is 1. The van der Waals surface area contributed by atoms with Crippen molar-refractivity contribution in [3.8, 4) is 0 Å². The largest absolute Gasteiger partial charge is 0.478 e. The highest BCUT2D eigenvalue weighted by Crippen LogP contribution is 2.21. The summed E-state index contributed by atoms with van der Waals surface area (Å²) in [5, 5.41) is 8.89. The Bertz CT molecular complexity index is 447. The Morgan fingerprint density at radius 3 is 2.94 bits per heavy atom. The van der Waals surface area contributed by atoms with Crippen molar-refractivity contribution in [3.63, 3.8) is 0 Å². The van der Waals surface area contributed by atoms with Crippen molar-refractivity contribution in [2.75, 3.05) is 6.54 Å². The summed E-state index contributed by atoms with van der Waals surface area (Å²) in [6.07, 6.45) is 3.47. The first-order chi connectivity index (χ1) is 8.59. The monoisotopic (exact) mass is 251 g/mol. The van der Waals surface area contributed by atoms with Gasteiger partial charge in [0.2, 0.25) is 0 Å². The van der Waals surface area contributed by atoms with E-state index in [0.717, 1.165) is 19.4 Å². The van der Waals surface area contributed by atoms with Crippen LogP contribution in [0.1, 0.15) is 42.1 Å². The first-order valence-corrected chi connectivity index (χ1v) is 6.34. The maximum absolute atomic E-state index is 14.0. The Kier molecular flexibility index (Phi) is 3.97. The summed E-state index contributed by atoms with van der Waals surface area (Å²) >= 11 is 0. The van der Waals surface area contributed by atoms with Crippen LogP contribution in [0.3, 0.4) is 0 Å². The van der Waals surface area contributed by atoms with E-state index in [-0.39, 0.29) is 5.56 Å². The summed E-state index contributed by atoms with van der Waals surface area (Å²) in [5.74, 6) is -1.80. The van der Waals surface area contributed by atoms with Crippen LogP contribution in [0.15, 0.2) is 18.2 Å². The maximum atomic E-state index is 14.0. The van der Waals surface area contributed by atoms with Crippen LogP contribution in [-0.4, -0.2) is 28.6 Å². The van der Waals surface area contributed by atoms with Crippen LogP contribution in [0.5, 0.6) is 0 Å². The molecule has 1 aliphatic heterocycles. The molecule has 1 atom stereocenters. The lowest BCUT2D eigenvalue weighted by molar-refractivity contribution is 0.0691. The Hall–Kier alpha value is -1.42. The number of aromatic carboxylic acids is 1. The molecule has 0 aliphatic carbocycles. The molecule has 0 saturated carbocycles. The average molecular weight is 251 g/mol. The molecule has 1 aliphatic rings. The van der Waals surface area contributed by atoms with Gasteiger partial charge in [-0.2, -0.15) is 0 Å². The quantitative estimate of drug-likeness (QED) is 0.898. The molecule has 1 N–H and O–H groups in total. The van der Waals surface area contributed by atoms with Crippen LogP contribution in [0.2, 0.25) is 0 Å². The predicted octanol–water partition coefficient (Wildman–Crippen LogP) is 2.90. The lowest BCUT2D eigenvalue weighted by Gasteiger charge is -2.33. The van der Waals surface area contributed by atoms with E-state index in [9.17, 15) is 9.18 Å². The third-order valence-electron chi connectivity index (χ3n) is 3.62. The third kappa shape index (κ3) is 2.70. The molecule has 0 bridgehead atoms. The molecule has 0 spiro atoms. The maximum Gasteiger partial charge on any atom is 0.338 e. The average Bonchev–Trinajstić information content (AvgIpc) is 2.34. The Labute approximate surface area is 106 Å². The highest BCUT2D eigenvalue weighted by Gasteiger charge is 2.21. The number of carboxylic acid groups (broad SMARTS) is 1. The molecule has 1 aromatic rings. The number of carbonyl (C=O) groups is 1. The number of halogens is 1. The number of likely N-dealkylation sites (tertiary alicyclic amines) is 1. The van der Waals surface area contributed by atoms with Gasteiger partial charge in [-0.25, -0.2) is 9.18 Å². The second-order valence-electron chi connectivity index (χ2n) is 4.90. The zero-order valence-electron chi connectivity index (χ0n) is 10.5. The van der Waals surface area contributed by atoms with E-state index in [1.807, 2.05) is 0 Å². The van der Waals surface area contributed by atoms with Crippen molar-refractivity contribution in [2.45, 2.75) is 38.8 Å². The minimum atomic E-state index is -1.21. The van der Waals surface area contributed by atoms with Crippen molar-refractivity contribution in [3.05, 3.63) is 35.1 Å². The molecule has 0 amide bonds.